The molecule has 0 aliphatic rings. The number of carbonyl (C=O) groups excluding carboxylic acids is 1. The second-order valence-corrected chi connectivity index (χ2v) is 8.73. The highest BCUT2D eigenvalue weighted by Gasteiger charge is 2.13. The highest BCUT2D eigenvalue weighted by atomic mass is 32.1. The maximum Gasteiger partial charge on any atom is 0.268 e. The molecule has 0 bridgehead atoms. The van der Waals surface area contributed by atoms with Crippen molar-refractivity contribution in [2.75, 3.05) is 25.6 Å². The second kappa shape index (κ2) is 13.4. The average molecular weight is 529 g/mol. The lowest BCUT2D eigenvalue weighted by Crippen LogP contribution is -2.13. The second-order valence-electron chi connectivity index (χ2n) is 7.67. The summed E-state index contributed by atoms with van der Waals surface area (Å²) in [5.74, 6) is 2.26. The van der Waals surface area contributed by atoms with Crippen LogP contribution in [0.5, 0.6) is 23.0 Å². The molecule has 1 N–H and O–H groups in total. The number of methoxy groups -OCH3 is 1. The van der Waals surface area contributed by atoms with Crippen LogP contribution >= 0.6 is 11.3 Å². The van der Waals surface area contributed by atoms with E-state index in [1.807, 2.05) is 60.7 Å². The molecule has 1 aromatic heterocycles. The van der Waals surface area contributed by atoms with Crippen LogP contribution in [0.25, 0.3) is 6.08 Å². The van der Waals surface area contributed by atoms with E-state index in [2.05, 4.69) is 15.5 Å². The number of anilines is 1. The number of hydrogen-bond acceptors (Lipinski definition) is 9. The highest BCUT2D eigenvalue weighted by Crippen LogP contribution is 2.20. The standard InChI is InChI=1S/C28H24N4O5S/c1-34-22-11-13-25(14-12-22)36-16-15-35-24-9-7-20(8-10-24)17-21(18-29)27(33)30-28-32-31-26(38-28)19-37-23-5-3-2-4-6-23/h2-14,17H,15-16,19H2,1H3,(H,30,32,33). The van der Waals surface area contributed by atoms with Crippen LogP contribution in [0.3, 0.4) is 0 Å². The summed E-state index contributed by atoms with van der Waals surface area (Å²) in [5, 5.41) is 21.0. The fourth-order valence-electron chi connectivity index (χ4n) is 3.16. The molecule has 38 heavy (non-hydrogen) atoms. The number of nitriles is 1. The van der Waals surface area contributed by atoms with Crippen LogP contribution in [0.4, 0.5) is 5.13 Å². The van der Waals surface area contributed by atoms with Gasteiger partial charge >= 0.3 is 0 Å². The zero-order valence-corrected chi connectivity index (χ0v) is 21.3. The molecule has 9 nitrogen and oxygen atoms in total. The molecule has 0 aliphatic carbocycles. The Labute approximate surface area is 223 Å². The summed E-state index contributed by atoms with van der Waals surface area (Å²) < 4.78 is 22.1. The quantitative estimate of drug-likeness (QED) is 0.153. The van der Waals surface area contributed by atoms with Crippen molar-refractivity contribution in [3.63, 3.8) is 0 Å². The van der Waals surface area contributed by atoms with Crippen LogP contribution in [0.15, 0.2) is 84.4 Å². The van der Waals surface area contributed by atoms with Gasteiger partial charge in [-0.2, -0.15) is 5.26 Å². The number of rotatable bonds is 12. The lowest BCUT2D eigenvalue weighted by atomic mass is 10.1. The predicted molar refractivity (Wildman–Crippen MR) is 143 cm³/mol. The summed E-state index contributed by atoms with van der Waals surface area (Å²) in [4.78, 5) is 12.6. The van der Waals surface area contributed by atoms with Gasteiger partial charge in [-0.05, 0) is 60.2 Å². The summed E-state index contributed by atoms with van der Waals surface area (Å²) in [5.41, 5.74) is 0.608. The van der Waals surface area contributed by atoms with Crippen molar-refractivity contribution < 1.29 is 23.7 Å². The molecule has 0 unspecified atom stereocenters. The van der Waals surface area contributed by atoms with E-state index in [9.17, 15) is 10.1 Å². The number of amides is 1. The van der Waals surface area contributed by atoms with Gasteiger partial charge in [-0.1, -0.05) is 41.7 Å². The van der Waals surface area contributed by atoms with Gasteiger partial charge < -0.3 is 18.9 Å². The number of aromatic nitrogens is 2. The maximum atomic E-state index is 12.6. The summed E-state index contributed by atoms with van der Waals surface area (Å²) in [6, 6.07) is 25.6. The molecule has 0 aliphatic heterocycles. The van der Waals surface area contributed by atoms with Gasteiger partial charge in [-0.3, -0.25) is 10.1 Å². The third-order valence-corrected chi connectivity index (χ3v) is 5.84. The van der Waals surface area contributed by atoms with Crippen LogP contribution in [-0.4, -0.2) is 36.4 Å². The minimum atomic E-state index is -0.574. The zero-order valence-electron chi connectivity index (χ0n) is 20.5. The van der Waals surface area contributed by atoms with E-state index < -0.39 is 5.91 Å². The average Bonchev–Trinajstić information content (AvgIpc) is 3.41. The Kier molecular flexibility index (Phi) is 9.26. The third-order valence-electron chi connectivity index (χ3n) is 5.03. The first-order chi connectivity index (χ1) is 18.6. The van der Waals surface area contributed by atoms with Crippen molar-refractivity contribution in [2.45, 2.75) is 6.61 Å². The smallest absolute Gasteiger partial charge is 0.268 e. The topological polar surface area (TPSA) is 116 Å². The minimum absolute atomic E-state index is 0.0659. The first-order valence-corrected chi connectivity index (χ1v) is 12.4. The van der Waals surface area contributed by atoms with Gasteiger partial charge in [-0.25, -0.2) is 0 Å². The fraction of sp³-hybridized carbons (Fsp3) is 0.143. The molecular weight excluding hydrogens is 504 g/mol. The van der Waals surface area contributed by atoms with E-state index in [4.69, 9.17) is 18.9 Å². The van der Waals surface area contributed by atoms with Gasteiger partial charge in [0, 0.05) is 0 Å². The first-order valence-electron chi connectivity index (χ1n) is 11.6. The number of ether oxygens (including phenoxy) is 4. The molecule has 0 saturated heterocycles. The van der Waals surface area contributed by atoms with E-state index in [1.165, 1.54) is 17.4 Å². The van der Waals surface area contributed by atoms with Gasteiger partial charge in [0.1, 0.15) is 54.5 Å². The van der Waals surface area contributed by atoms with Crippen molar-refractivity contribution in [2.24, 2.45) is 0 Å². The van der Waals surface area contributed by atoms with Crippen LogP contribution in [0.1, 0.15) is 10.6 Å². The Hall–Kier alpha value is -4.88. The normalized spacial score (nSPS) is 10.8. The molecule has 192 valence electrons. The molecule has 1 amide bonds. The Morgan fingerprint density at radius 3 is 2.11 bits per heavy atom. The number of benzene rings is 3. The molecule has 3 aromatic carbocycles. The highest BCUT2D eigenvalue weighted by molar-refractivity contribution is 7.15. The minimum Gasteiger partial charge on any atom is -0.497 e. The molecule has 0 atom stereocenters. The predicted octanol–water partition coefficient (Wildman–Crippen LogP) is 5.13. The van der Waals surface area contributed by atoms with Gasteiger partial charge in [0.15, 0.2) is 5.01 Å². The van der Waals surface area contributed by atoms with Crippen molar-refractivity contribution in [1.29, 1.82) is 5.26 Å². The summed E-state index contributed by atoms with van der Waals surface area (Å²) >= 11 is 1.18. The first kappa shape index (κ1) is 26.2. The Morgan fingerprint density at radius 2 is 1.47 bits per heavy atom. The Balaban J connectivity index is 1.25. The third kappa shape index (κ3) is 7.81. The Morgan fingerprint density at radius 1 is 0.868 bits per heavy atom. The van der Waals surface area contributed by atoms with Crippen LogP contribution in [-0.2, 0) is 11.4 Å². The van der Waals surface area contributed by atoms with E-state index in [-0.39, 0.29) is 17.3 Å². The molecule has 4 aromatic rings. The van der Waals surface area contributed by atoms with E-state index in [0.29, 0.717) is 35.3 Å². The van der Waals surface area contributed by atoms with E-state index in [0.717, 1.165) is 11.5 Å². The number of hydrogen-bond donors (Lipinski definition) is 1. The number of nitrogens with one attached hydrogen (secondary N) is 1. The lowest BCUT2D eigenvalue weighted by molar-refractivity contribution is -0.112. The summed E-state index contributed by atoms with van der Waals surface area (Å²) in [7, 11) is 1.61. The van der Waals surface area contributed by atoms with Crippen molar-refractivity contribution in [1.82, 2.24) is 10.2 Å². The maximum absolute atomic E-state index is 12.6. The van der Waals surface area contributed by atoms with Crippen LogP contribution in [0.2, 0.25) is 0 Å². The molecule has 0 radical (unpaired) electrons. The largest absolute Gasteiger partial charge is 0.497 e. The number of para-hydroxylation sites is 1. The van der Waals surface area contributed by atoms with E-state index >= 15 is 0 Å². The van der Waals surface area contributed by atoms with Gasteiger partial charge in [0.2, 0.25) is 5.13 Å². The van der Waals surface area contributed by atoms with Crippen LogP contribution < -0.4 is 24.3 Å². The van der Waals surface area contributed by atoms with Gasteiger partial charge in [0.05, 0.1) is 7.11 Å². The molecule has 0 fully saturated rings. The number of nitrogens with zero attached hydrogens (tertiary/aromatic N) is 3. The van der Waals surface area contributed by atoms with Gasteiger partial charge in [0.25, 0.3) is 5.91 Å². The van der Waals surface area contributed by atoms with Crippen molar-refractivity contribution >= 4 is 28.5 Å². The number of carbonyl (C=O) groups is 1. The molecule has 0 saturated carbocycles. The summed E-state index contributed by atoms with van der Waals surface area (Å²) in [6.45, 7) is 0.951. The lowest BCUT2D eigenvalue weighted by Gasteiger charge is -2.09. The van der Waals surface area contributed by atoms with Crippen LogP contribution in [0, 0.1) is 11.3 Å². The summed E-state index contributed by atoms with van der Waals surface area (Å²) in [6.07, 6.45) is 1.49. The SMILES string of the molecule is COc1ccc(OCCOc2ccc(C=C(C#N)C(=O)Nc3nnc(COc4ccccc4)s3)cc2)cc1. The molecule has 0 spiro atoms. The van der Waals surface area contributed by atoms with Gasteiger partial charge in [-0.15, -0.1) is 10.2 Å². The Bertz CT molecular complexity index is 1400. The van der Waals surface area contributed by atoms with E-state index in [1.54, 1.807) is 31.4 Å². The molecule has 4 rings (SSSR count). The monoisotopic (exact) mass is 528 g/mol. The zero-order chi connectivity index (χ0) is 26.6. The van der Waals surface area contributed by atoms with Crippen molar-refractivity contribution in [3.05, 3.63) is 95.0 Å². The van der Waals surface area contributed by atoms with Crippen molar-refractivity contribution in [3.8, 4) is 29.1 Å². The molecule has 1 heterocycles. The fourth-order valence-corrected chi connectivity index (χ4v) is 3.80. The molecular formula is C28H24N4O5S. The molecule has 10 heteroatoms.